The fourth-order valence-electron chi connectivity index (χ4n) is 1.36. The third-order valence-corrected chi connectivity index (χ3v) is 2.92. The molecule has 1 aromatic carbocycles. The lowest BCUT2D eigenvalue weighted by molar-refractivity contribution is -0.125. The van der Waals surface area contributed by atoms with Crippen molar-refractivity contribution >= 4 is 11.9 Å². The van der Waals surface area contributed by atoms with E-state index in [-0.39, 0.29) is 23.3 Å². The molecule has 0 unspecified atom stereocenters. The number of nitrogens with one attached hydrogen (secondary N) is 1. The number of amides is 1. The highest BCUT2D eigenvalue weighted by molar-refractivity contribution is 5.94. The fraction of sp³-hybridized carbons (Fsp3) is 0.429. The van der Waals surface area contributed by atoms with Gasteiger partial charge in [0.2, 0.25) is 0 Å². The topological polar surface area (TPSA) is 95.9 Å². The standard InChI is InChI=1S/C14H19NO5/c1-8(2)9(3)15-13(18)7-20-14(19)11-5-4-10(16)6-12(11)17/h4-6,8-9,16-17H,7H2,1-3H3,(H,15,18)/t9-/m0/s1. The number of phenolic OH excluding ortho intramolecular Hbond substituents is 2. The van der Waals surface area contributed by atoms with Gasteiger partial charge < -0.3 is 20.3 Å². The largest absolute Gasteiger partial charge is 0.508 e. The lowest BCUT2D eigenvalue weighted by Gasteiger charge is -2.17. The molecule has 0 saturated heterocycles. The molecule has 0 fully saturated rings. The van der Waals surface area contributed by atoms with E-state index < -0.39 is 24.2 Å². The van der Waals surface area contributed by atoms with Crippen LogP contribution in [0.2, 0.25) is 0 Å². The van der Waals surface area contributed by atoms with Gasteiger partial charge in [-0.05, 0) is 25.0 Å². The molecule has 0 heterocycles. The zero-order valence-electron chi connectivity index (χ0n) is 11.7. The molecule has 0 radical (unpaired) electrons. The Morgan fingerprint density at radius 1 is 1.25 bits per heavy atom. The number of carbonyl (C=O) groups is 2. The number of carbonyl (C=O) groups excluding carboxylic acids is 2. The summed E-state index contributed by atoms with van der Waals surface area (Å²) < 4.78 is 4.80. The van der Waals surface area contributed by atoms with Crippen LogP contribution in [0.5, 0.6) is 11.5 Å². The molecule has 0 spiro atoms. The van der Waals surface area contributed by atoms with Crippen molar-refractivity contribution in [1.82, 2.24) is 5.32 Å². The maximum Gasteiger partial charge on any atom is 0.342 e. The van der Waals surface area contributed by atoms with Crippen molar-refractivity contribution in [3.05, 3.63) is 23.8 Å². The van der Waals surface area contributed by atoms with Gasteiger partial charge in [0.05, 0.1) is 0 Å². The van der Waals surface area contributed by atoms with E-state index in [0.717, 1.165) is 6.07 Å². The number of hydrogen-bond acceptors (Lipinski definition) is 5. The van der Waals surface area contributed by atoms with E-state index in [1.807, 2.05) is 20.8 Å². The Labute approximate surface area is 117 Å². The molecule has 1 aromatic rings. The van der Waals surface area contributed by atoms with Crippen LogP contribution >= 0.6 is 0 Å². The first-order chi connectivity index (χ1) is 9.31. The predicted molar refractivity (Wildman–Crippen MR) is 72.5 cm³/mol. The molecule has 6 heteroatoms. The van der Waals surface area contributed by atoms with E-state index in [4.69, 9.17) is 9.84 Å². The lowest BCUT2D eigenvalue weighted by atomic mass is 10.1. The Kier molecular flexibility index (Phi) is 5.37. The van der Waals surface area contributed by atoms with Gasteiger partial charge in [-0.25, -0.2) is 4.79 Å². The fourth-order valence-corrected chi connectivity index (χ4v) is 1.36. The first-order valence-electron chi connectivity index (χ1n) is 6.29. The summed E-state index contributed by atoms with van der Waals surface area (Å²) in [4.78, 5) is 23.2. The molecular formula is C14H19NO5. The Morgan fingerprint density at radius 2 is 1.90 bits per heavy atom. The third kappa shape index (κ3) is 4.46. The summed E-state index contributed by atoms with van der Waals surface area (Å²) in [5.41, 5.74) is -0.104. The summed E-state index contributed by atoms with van der Waals surface area (Å²) >= 11 is 0. The molecule has 1 rings (SSSR count). The minimum atomic E-state index is -0.824. The van der Waals surface area contributed by atoms with Gasteiger partial charge in [0.15, 0.2) is 6.61 Å². The second-order valence-electron chi connectivity index (χ2n) is 4.88. The molecule has 1 amide bonds. The normalized spacial score (nSPS) is 12.0. The van der Waals surface area contributed by atoms with Crippen molar-refractivity contribution in [2.45, 2.75) is 26.8 Å². The third-order valence-electron chi connectivity index (χ3n) is 2.92. The van der Waals surface area contributed by atoms with Gasteiger partial charge in [-0.15, -0.1) is 0 Å². The second-order valence-corrected chi connectivity index (χ2v) is 4.88. The number of aromatic hydroxyl groups is 2. The summed E-state index contributed by atoms with van der Waals surface area (Å²) in [6, 6.07) is 3.47. The quantitative estimate of drug-likeness (QED) is 0.709. The molecule has 0 aromatic heterocycles. The van der Waals surface area contributed by atoms with Crippen LogP contribution < -0.4 is 5.32 Å². The van der Waals surface area contributed by atoms with E-state index in [9.17, 15) is 14.7 Å². The summed E-state index contributed by atoms with van der Waals surface area (Å²) in [5, 5.41) is 21.3. The van der Waals surface area contributed by atoms with Crippen LogP contribution in [0.3, 0.4) is 0 Å². The number of hydrogen-bond donors (Lipinski definition) is 3. The highest BCUT2D eigenvalue weighted by Crippen LogP contribution is 2.23. The van der Waals surface area contributed by atoms with Gasteiger partial charge in [0.1, 0.15) is 17.1 Å². The first kappa shape index (κ1) is 15.8. The molecule has 0 aliphatic heterocycles. The molecule has 1 atom stereocenters. The van der Waals surface area contributed by atoms with Crippen molar-refractivity contribution < 1.29 is 24.5 Å². The summed E-state index contributed by atoms with van der Waals surface area (Å²) in [7, 11) is 0. The highest BCUT2D eigenvalue weighted by Gasteiger charge is 2.16. The molecule has 6 nitrogen and oxygen atoms in total. The van der Waals surface area contributed by atoms with Gasteiger partial charge in [-0.1, -0.05) is 13.8 Å². The zero-order valence-corrected chi connectivity index (χ0v) is 11.7. The van der Waals surface area contributed by atoms with E-state index in [1.165, 1.54) is 12.1 Å². The Morgan fingerprint density at radius 3 is 2.45 bits per heavy atom. The van der Waals surface area contributed by atoms with Crippen LogP contribution in [0.4, 0.5) is 0 Å². The van der Waals surface area contributed by atoms with Crippen molar-refractivity contribution in [1.29, 1.82) is 0 Å². The molecule has 0 aliphatic rings. The van der Waals surface area contributed by atoms with Gasteiger partial charge in [-0.3, -0.25) is 4.79 Å². The van der Waals surface area contributed by atoms with Crippen LogP contribution in [-0.2, 0) is 9.53 Å². The average Bonchev–Trinajstić information content (AvgIpc) is 2.35. The minimum Gasteiger partial charge on any atom is -0.508 e. The maximum atomic E-state index is 11.7. The summed E-state index contributed by atoms with van der Waals surface area (Å²) in [6.45, 7) is 5.36. The Bertz CT molecular complexity index is 498. The smallest absolute Gasteiger partial charge is 0.342 e. The van der Waals surface area contributed by atoms with Crippen LogP contribution in [0, 0.1) is 5.92 Å². The molecule has 0 aliphatic carbocycles. The SMILES string of the molecule is CC(C)[C@H](C)NC(=O)COC(=O)c1ccc(O)cc1O. The molecule has 20 heavy (non-hydrogen) atoms. The first-order valence-corrected chi connectivity index (χ1v) is 6.29. The van der Waals surface area contributed by atoms with Gasteiger partial charge >= 0.3 is 5.97 Å². The van der Waals surface area contributed by atoms with Crippen molar-refractivity contribution in [2.24, 2.45) is 5.92 Å². The van der Waals surface area contributed by atoms with E-state index in [0.29, 0.717) is 0 Å². The second kappa shape index (κ2) is 6.79. The summed E-state index contributed by atoms with van der Waals surface area (Å²) in [5.74, 6) is -1.52. The van der Waals surface area contributed by atoms with Crippen LogP contribution in [-0.4, -0.2) is 34.7 Å². The maximum absolute atomic E-state index is 11.7. The monoisotopic (exact) mass is 281 g/mol. The molecular weight excluding hydrogens is 262 g/mol. The van der Waals surface area contributed by atoms with E-state index in [1.54, 1.807) is 0 Å². The minimum absolute atomic E-state index is 0.0247. The van der Waals surface area contributed by atoms with Gasteiger partial charge in [0, 0.05) is 12.1 Å². The molecule has 0 bridgehead atoms. The Hall–Kier alpha value is -2.24. The zero-order chi connectivity index (χ0) is 15.3. The lowest BCUT2D eigenvalue weighted by Crippen LogP contribution is -2.38. The summed E-state index contributed by atoms with van der Waals surface area (Å²) in [6.07, 6.45) is 0. The van der Waals surface area contributed by atoms with E-state index in [2.05, 4.69) is 5.32 Å². The Balaban J connectivity index is 2.53. The average molecular weight is 281 g/mol. The molecule has 0 saturated carbocycles. The van der Waals surface area contributed by atoms with Crippen molar-refractivity contribution in [3.8, 4) is 11.5 Å². The number of ether oxygens (including phenoxy) is 1. The van der Waals surface area contributed by atoms with Crippen molar-refractivity contribution in [3.63, 3.8) is 0 Å². The number of esters is 1. The molecule has 110 valence electrons. The predicted octanol–water partition coefficient (Wildman–Crippen LogP) is 1.42. The van der Waals surface area contributed by atoms with Crippen LogP contribution in [0.15, 0.2) is 18.2 Å². The van der Waals surface area contributed by atoms with Crippen LogP contribution in [0.1, 0.15) is 31.1 Å². The van der Waals surface area contributed by atoms with Crippen molar-refractivity contribution in [2.75, 3.05) is 6.61 Å². The van der Waals surface area contributed by atoms with Gasteiger partial charge in [0.25, 0.3) is 5.91 Å². The number of rotatable bonds is 5. The number of benzene rings is 1. The number of phenols is 2. The van der Waals surface area contributed by atoms with Gasteiger partial charge in [-0.2, -0.15) is 0 Å². The van der Waals surface area contributed by atoms with Crippen LogP contribution in [0.25, 0.3) is 0 Å². The van der Waals surface area contributed by atoms with E-state index >= 15 is 0 Å². The molecule has 3 N–H and O–H groups in total. The highest BCUT2D eigenvalue weighted by atomic mass is 16.5.